The highest BCUT2D eigenvalue weighted by Gasteiger charge is 2.33. The normalized spacial score (nSPS) is 11.9. The number of hydrogen-bond acceptors (Lipinski definition) is 2. The van der Waals surface area contributed by atoms with Crippen LogP contribution in [-0.2, 0) is 12.4 Å². The average Bonchev–Trinajstić information content (AvgIpc) is 3.71. The summed E-state index contributed by atoms with van der Waals surface area (Å²) in [6.07, 6.45) is -9.42. The van der Waals surface area contributed by atoms with Crippen molar-refractivity contribution in [2.24, 2.45) is 0 Å². The molecule has 2 aromatic heterocycles. The van der Waals surface area contributed by atoms with Crippen LogP contribution in [0.25, 0.3) is 106 Å². The predicted molar refractivity (Wildman–Crippen MR) is 274 cm³/mol. The Bertz CT molecular complexity index is 3580. The number of aromatic nitrogens is 3. The molecular formula is C62H41F6N3. The zero-order valence-electron chi connectivity index (χ0n) is 38.3. The third-order valence-electron chi connectivity index (χ3n) is 12.9. The van der Waals surface area contributed by atoms with Crippen molar-refractivity contribution in [3.63, 3.8) is 0 Å². The molecule has 0 N–H and O–H groups in total. The molecule has 11 aromatic rings. The van der Waals surface area contributed by atoms with E-state index >= 15 is 0 Å². The number of aryl methyl sites for hydroxylation is 2. The van der Waals surface area contributed by atoms with Crippen LogP contribution in [0.5, 0.6) is 0 Å². The SMILES string of the molecule is Cc1cccc(-c2ccc3c(c2)c2cc(-c4cccc(C)c4)ccc2n3-c2c(-c3cccc(C(F)(F)F)c3)cc(-c3nc(-c4ccccc4)cc(-c4ccccc4)n3)cc2-c2cccc(C(F)(F)F)c2)c1. The van der Waals surface area contributed by atoms with Crippen LogP contribution in [0.4, 0.5) is 26.3 Å². The van der Waals surface area contributed by atoms with E-state index in [1.165, 1.54) is 12.1 Å². The molecule has 3 nitrogen and oxygen atoms in total. The maximum absolute atomic E-state index is 14.8. The topological polar surface area (TPSA) is 30.7 Å². The highest BCUT2D eigenvalue weighted by molar-refractivity contribution is 6.13. The standard InChI is InChI=1S/C62H41F6N3/c1-38-13-9-19-42(29-38)44-25-27-57-53(33-44)54-34-45(43-20-10-14-39(2)30-43)26-28-58(54)71(57)59-51(46-21-11-23-49(31-46)61(63,64)65)35-48(36-52(59)47-22-12-24-50(32-47)62(66,67)68)60-69-55(40-15-5-3-6-16-40)37-56(70-60)41-17-7-4-8-18-41/h3-37H,1-2H3. The third kappa shape index (κ3) is 8.76. The molecule has 346 valence electrons. The summed E-state index contributed by atoms with van der Waals surface area (Å²) in [5.74, 6) is 0.228. The Kier molecular flexibility index (Phi) is 11.2. The molecule has 0 amide bonds. The van der Waals surface area contributed by atoms with E-state index in [-0.39, 0.29) is 17.0 Å². The molecule has 0 atom stereocenters. The van der Waals surface area contributed by atoms with Gasteiger partial charge in [-0.1, -0.05) is 157 Å². The molecule has 0 spiro atoms. The molecule has 0 radical (unpaired) electrons. The molecule has 0 bridgehead atoms. The number of hydrogen-bond donors (Lipinski definition) is 0. The summed E-state index contributed by atoms with van der Waals surface area (Å²) in [5.41, 5.74) is 10.2. The van der Waals surface area contributed by atoms with E-state index < -0.39 is 23.5 Å². The molecule has 2 heterocycles. The minimum atomic E-state index is -4.71. The molecule has 0 aliphatic rings. The van der Waals surface area contributed by atoms with Crippen LogP contribution in [-0.4, -0.2) is 14.5 Å². The minimum absolute atomic E-state index is 0.190. The quantitative estimate of drug-likeness (QED) is 0.142. The van der Waals surface area contributed by atoms with Gasteiger partial charge in [0.15, 0.2) is 5.82 Å². The van der Waals surface area contributed by atoms with E-state index in [0.717, 1.165) is 79.5 Å². The van der Waals surface area contributed by atoms with Crippen molar-refractivity contribution in [3.8, 4) is 84.1 Å². The summed E-state index contributed by atoms with van der Waals surface area (Å²) in [5, 5.41) is 1.68. The zero-order valence-corrected chi connectivity index (χ0v) is 38.3. The fourth-order valence-electron chi connectivity index (χ4n) is 9.53. The summed E-state index contributed by atoms with van der Waals surface area (Å²) in [7, 11) is 0. The van der Waals surface area contributed by atoms with Crippen molar-refractivity contribution in [1.82, 2.24) is 14.5 Å². The maximum Gasteiger partial charge on any atom is 0.416 e. The van der Waals surface area contributed by atoms with E-state index in [1.54, 1.807) is 24.3 Å². The van der Waals surface area contributed by atoms with Gasteiger partial charge in [0.1, 0.15) is 0 Å². The summed E-state index contributed by atoms with van der Waals surface area (Å²) >= 11 is 0. The first-order chi connectivity index (χ1) is 34.2. The van der Waals surface area contributed by atoms with Crippen LogP contribution >= 0.6 is 0 Å². The zero-order chi connectivity index (χ0) is 49.0. The highest BCUT2D eigenvalue weighted by Crippen LogP contribution is 2.47. The first kappa shape index (κ1) is 44.9. The second kappa shape index (κ2) is 17.8. The van der Waals surface area contributed by atoms with Crippen LogP contribution in [0.3, 0.4) is 0 Å². The molecule has 11 rings (SSSR count). The predicted octanol–water partition coefficient (Wildman–Crippen LogP) is 17.9. The highest BCUT2D eigenvalue weighted by atomic mass is 19.4. The summed E-state index contributed by atoms with van der Waals surface area (Å²) in [4.78, 5) is 10.2. The molecular weight excluding hydrogens is 901 g/mol. The largest absolute Gasteiger partial charge is 0.416 e. The van der Waals surface area contributed by atoms with Gasteiger partial charge in [-0.2, -0.15) is 26.3 Å². The molecule has 0 aliphatic heterocycles. The number of benzene rings is 9. The van der Waals surface area contributed by atoms with Gasteiger partial charge in [0, 0.05) is 38.6 Å². The van der Waals surface area contributed by atoms with Gasteiger partial charge in [-0.3, -0.25) is 0 Å². The fourth-order valence-corrected chi connectivity index (χ4v) is 9.53. The Labute approximate surface area is 406 Å². The number of halogens is 6. The lowest BCUT2D eigenvalue weighted by Gasteiger charge is -2.22. The van der Waals surface area contributed by atoms with Crippen molar-refractivity contribution in [3.05, 3.63) is 235 Å². The molecule has 71 heavy (non-hydrogen) atoms. The van der Waals surface area contributed by atoms with E-state index in [4.69, 9.17) is 9.97 Å². The summed E-state index contributed by atoms with van der Waals surface area (Å²) in [6, 6.07) is 63.1. The summed E-state index contributed by atoms with van der Waals surface area (Å²) in [6.45, 7) is 4.06. The lowest BCUT2D eigenvalue weighted by atomic mass is 9.91. The Morgan fingerprint density at radius 2 is 0.732 bits per heavy atom. The number of alkyl halides is 6. The van der Waals surface area contributed by atoms with Gasteiger partial charge in [0.05, 0.1) is 39.2 Å². The average molecular weight is 942 g/mol. The number of fused-ring (bicyclic) bond motifs is 3. The lowest BCUT2D eigenvalue weighted by molar-refractivity contribution is -0.138. The van der Waals surface area contributed by atoms with Crippen molar-refractivity contribution in [2.45, 2.75) is 26.2 Å². The lowest BCUT2D eigenvalue weighted by Crippen LogP contribution is -2.07. The third-order valence-corrected chi connectivity index (χ3v) is 12.9. The molecule has 0 fully saturated rings. The van der Waals surface area contributed by atoms with Gasteiger partial charge in [0.2, 0.25) is 0 Å². The number of rotatable bonds is 8. The maximum atomic E-state index is 14.8. The summed E-state index contributed by atoms with van der Waals surface area (Å²) < 4.78 is 90.8. The monoisotopic (exact) mass is 941 g/mol. The van der Waals surface area contributed by atoms with Crippen LogP contribution in [0, 0.1) is 13.8 Å². The molecule has 0 unspecified atom stereocenters. The van der Waals surface area contributed by atoms with E-state index in [9.17, 15) is 26.3 Å². The van der Waals surface area contributed by atoms with E-state index in [0.29, 0.717) is 44.8 Å². The smallest absolute Gasteiger partial charge is 0.308 e. The first-order valence-corrected chi connectivity index (χ1v) is 23.0. The Hall–Kier alpha value is -8.56. The van der Waals surface area contributed by atoms with Gasteiger partial charge < -0.3 is 4.57 Å². The van der Waals surface area contributed by atoms with Gasteiger partial charge >= 0.3 is 12.4 Å². The number of nitrogens with zero attached hydrogens (tertiary/aromatic N) is 3. The van der Waals surface area contributed by atoms with E-state index in [1.807, 2.05) is 146 Å². The van der Waals surface area contributed by atoms with Gasteiger partial charge in [-0.25, -0.2) is 9.97 Å². The first-order valence-electron chi connectivity index (χ1n) is 23.0. The molecule has 9 aromatic carbocycles. The second-order valence-corrected chi connectivity index (χ2v) is 17.8. The van der Waals surface area contributed by atoms with Crippen LogP contribution in [0.2, 0.25) is 0 Å². The van der Waals surface area contributed by atoms with Crippen molar-refractivity contribution < 1.29 is 26.3 Å². The molecule has 0 saturated heterocycles. The molecule has 9 heteroatoms. The Morgan fingerprint density at radius 3 is 1.15 bits per heavy atom. The van der Waals surface area contributed by atoms with Crippen molar-refractivity contribution in [1.29, 1.82) is 0 Å². The van der Waals surface area contributed by atoms with E-state index in [2.05, 4.69) is 24.3 Å². The Balaban J connectivity index is 1.29. The molecule has 0 saturated carbocycles. The van der Waals surface area contributed by atoms with Crippen LogP contribution < -0.4 is 0 Å². The fraction of sp³-hybridized carbons (Fsp3) is 0.0645. The Morgan fingerprint density at radius 1 is 0.338 bits per heavy atom. The van der Waals surface area contributed by atoms with Gasteiger partial charge in [-0.05, 0) is 114 Å². The van der Waals surface area contributed by atoms with Crippen LogP contribution in [0.1, 0.15) is 22.3 Å². The van der Waals surface area contributed by atoms with Crippen LogP contribution in [0.15, 0.2) is 212 Å². The molecule has 0 aliphatic carbocycles. The van der Waals surface area contributed by atoms with Crippen molar-refractivity contribution in [2.75, 3.05) is 0 Å². The van der Waals surface area contributed by atoms with Crippen molar-refractivity contribution >= 4 is 21.8 Å². The van der Waals surface area contributed by atoms with Gasteiger partial charge in [0.25, 0.3) is 0 Å². The van der Waals surface area contributed by atoms with Gasteiger partial charge in [-0.15, -0.1) is 0 Å². The second-order valence-electron chi connectivity index (χ2n) is 17.8. The minimum Gasteiger partial charge on any atom is -0.308 e.